The van der Waals surface area contributed by atoms with Crippen molar-refractivity contribution < 1.29 is 9.53 Å². The average molecular weight is 385 g/mol. The second-order valence-corrected chi connectivity index (χ2v) is 5.55. The molecule has 3 rings (SSSR count). The molecule has 0 bridgehead atoms. The normalized spacial score (nSPS) is 21.5. The highest BCUT2D eigenvalue weighted by molar-refractivity contribution is 14.1. The lowest BCUT2D eigenvalue weighted by atomic mass is 10.2. The lowest BCUT2D eigenvalue weighted by molar-refractivity contribution is -0.144. The van der Waals surface area contributed by atoms with E-state index in [0.717, 1.165) is 9.09 Å². The van der Waals surface area contributed by atoms with Gasteiger partial charge in [0.15, 0.2) is 5.65 Å². The van der Waals surface area contributed by atoms with Crippen molar-refractivity contribution >= 4 is 45.4 Å². The summed E-state index contributed by atoms with van der Waals surface area (Å²) in [5, 5.41) is 5.24. The first-order valence-electron chi connectivity index (χ1n) is 6.06. The number of nitrogens with zero attached hydrogens (tertiary/aromatic N) is 4. The number of nitrogen functional groups attached to an aromatic ring is 1. The van der Waals surface area contributed by atoms with Gasteiger partial charge in [0, 0.05) is 13.3 Å². The van der Waals surface area contributed by atoms with Crippen molar-refractivity contribution in [3.63, 3.8) is 0 Å². The summed E-state index contributed by atoms with van der Waals surface area (Å²) in [5.41, 5.74) is 6.56. The highest BCUT2D eigenvalue weighted by atomic mass is 127. The summed E-state index contributed by atoms with van der Waals surface area (Å²) in [6.07, 6.45) is 5.70. The standard InChI is InChI=1S/C12H12IN5O2/c1-6(19)20-8-3-2-7(4-8)18-12-9(10(13)17-18)11(14)15-5-16-12/h2-3,5,7-8H,4H2,1H3,(H2,14,15,16)/t7-,8+/m1/s1. The molecule has 8 heteroatoms. The molecule has 20 heavy (non-hydrogen) atoms. The van der Waals surface area contributed by atoms with E-state index in [4.69, 9.17) is 10.5 Å². The lowest BCUT2D eigenvalue weighted by Crippen LogP contribution is -2.15. The Bertz CT molecular complexity index is 711. The number of nitrogens with two attached hydrogens (primary N) is 1. The molecule has 2 heterocycles. The first kappa shape index (κ1) is 13.3. The molecule has 0 aromatic carbocycles. The maximum atomic E-state index is 11.0. The Morgan fingerprint density at radius 2 is 2.30 bits per heavy atom. The summed E-state index contributed by atoms with van der Waals surface area (Å²) >= 11 is 2.11. The van der Waals surface area contributed by atoms with Gasteiger partial charge < -0.3 is 10.5 Å². The molecule has 7 nitrogen and oxygen atoms in total. The molecule has 0 amide bonds. The van der Waals surface area contributed by atoms with E-state index in [1.54, 1.807) is 4.68 Å². The van der Waals surface area contributed by atoms with Crippen LogP contribution in [0, 0.1) is 3.70 Å². The number of esters is 1. The van der Waals surface area contributed by atoms with Crippen LogP contribution < -0.4 is 5.73 Å². The predicted octanol–water partition coefficient (Wildman–Crippen LogP) is 1.45. The number of carbonyl (C=O) groups excluding carboxylic acids is 1. The van der Waals surface area contributed by atoms with E-state index in [-0.39, 0.29) is 18.1 Å². The lowest BCUT2D eigenvalue weighted by Gasteiger charge is -2.13. The molecule has 1 aliphatic carbocycles. The van der Waals surface area contributed by atoms with Gasteiger partial charge >= 0.3 is 5.97 Å². The Morgan fingerprint density at radius 1 is 1.50 bits per heavy atom. The van der Waals surface area contributed by atoms with E-state index >= 15 is 0 Å². The van der Waals surface area contributed by atoms with Gasteiger partial charge in [-0.1, -0.05) is 6.08 Å². The molecule has 0 saturated heterocycles. The van der Waals surface area contributed by atoms with E-state index in [2.05, 4.69) is 37.7 Å². The largest absolute Gasteiger partial charge is 0.458 e. The van der Waals surface area contributed by atoms with Crippen LogP contribution in [0.25, 0.3) is 11.0 Å². The second-order valence-electron chi connectivity index (χ2n) is 4.53. The van der Waals surface area contributed by atoms with Crippen LogP contribution in [0.15, 0.2) is 18.5 Å². The first-order valence-corrected chi connectivity index (χ1v) is 7.14. The average Bonchev–Trinajstić information content (AvgIpc) is 2.94. The summed E-state index contributed by atoms with van der Waals surface area (Å²) < 4.78 is 7.74. The second kappa shape index (κ2) is 5.00. The van der Waals surface area contributed by atoms with Gasteiger partial charge in [-0.05, 0) is 28.7 Å². The first-order chi connectivity index (χ1) is 9.56. The molecular weight excluding hydrogens is 373 g/mol. The fraction of sp³-hybridized carbons (Fsp3) is 0.333. The molecule has 2 N–H and O–H groups in total. The number of allylic oxidation sites excluding steroid dienone is 1. The van der Waals surface area contributed by atoms with Gasteiger partial charge in [-0.15, -0.1) is 0 Å². The summed E-state index contributed by atoms with van der Waals surface area (Å²) in [6, 6.07) is -0.000309. The number of ether oxygens (including phenoxy) is 1. The van der Waals surface area contributed by atoms with Gasteiger partial charge in [-0.2, -0.15) is 5.10 Å². The maximum absolute atomic E-state index is 11.0. The smallest absolute Gasteiger partial charge is 0.303 e. The van der Waals surface area contributed by atoms with Gasteiger partial charge in [0.05, 0.1) is 11.4 Å². The number of hydrogen-bond acceptors (Lipinski definition) is 6. The molecule has 0 spiro atoms. The van der Waals surface area contributed by atoms with Crippen LogP contribution in [0.1, 0.15) is 19.4 Å². The van der Waals surface area contributed by atoms with Crippen molar-refractivity contribution in [3.05, 3.63) is 22.2 Å². The maximum Gasteiger partial charge on any atom is 0.303 e. The highest BCUT2D eigenvalue weighted by Crippen LogP contribution is 2.30. The van der Waals surface area contributed by atoms with E-state index in [0.29, 0.717) is 17.9 Å². The van der Waals surface area contributed by atoms with Gasteiger partial charge in [-0.3, -0.25) is 4.79 Å². The van der Waals surface area contributed by atoms with Crippen molar-refractivity contribution in [3.8, 4) is 0 Å². The third kappa shape index (κ3) is 2.23. The molecule has 0 unspecified atom stereocenters. The Labute approximate surface area is 128 Å². The molecule has 1 aliphatic rings. The van der Waals surface area contributed by atoms with Crippen LogP contribution in [0.5, 0.6) is 0 Å². The minimum absolute atomic E-state index is 0.000309. The third-order valence-electron chi connectivity index (χ3n) is 3.13. The van der Waals surface area contributed by atoms with E-state index in [1.165, 1.54) is 13.3 Å². The quantitative estimate of drug-likeness (QED) is 0.478. The van der Waals surface area contributed by atoms with Crippen LogP contribution in [0.4, 0.5) is 5.82 Å². The fourth-order valence-corrected chi connectivity index (χ4v) is 3.06. The van der Waals surface area contributed by atoms with Crippen LogP contribution in [0.3, 0.4) is 0 Å². The number of hydrogen-bond donors (Lipinski definition) is 1. The van der Waals surface area contributed by atoms with Crippen LogP contribution >= 0.6 is 22.6 Å². The number of rotatable bonds is 2. The van der Waals surface area contributed by atoms with Crippen LogP contribution in [0.2, 0.25) is 0 Å². The summed E-state index contributed by atoms with van der Waals surface area (Å²) in [4.78, 5) is 19.2. The van der Waals surface area contributed by atoms with E-state index in [9.17, 15) is 4.79 Å². The monoisotopic (exact) mass is 385 g/mol. The molecule has 0 fully saturated rings. The number of fused-ring (bicyclic) bond motifs is 1. The highest BCUT2D eigenvalue weighted by Gasteiger charge is 2.26. The Morgan fingerprint density at radius 3 is 3.05 bits per heavy atom. The fourth-order valence-electron chi connectivity index (χ4n) is 2.31. The number of carbonyl (C=O) groups is 1. The van der Waals surface area contributed by atoms with Crippen molar-refractivity contribution in [2.45, 2.75) is 25.5 Å². The zero-order valence-electron chi connectivity index (χ0n) is 10.7. The third-order valence-corrected chi connectivity index (χ3v) is 3.88. The van der Waals surface area contributed by atoms with Crippen molar-refractivity contribution in [2.75, 3.05) is 5.73 Å². The predicted molar refractivity (Wildman–Crippen MR) is 80.8 cm³/mol. The molecule has 2 aromatic heterocycles. The topological polar surface area (TPSA) is 95.9 Å². The van der Waals surface area contributed by atoms with Crippen molar-refractivity contribution in [2.24, 2.45) is 0 Å². The molecule has 0 saturated carbocycles. The number of aromatic nitrogens is 4. The summed E-state index contributed by atoms with van der Waals surface area (Å²) in [6.45, 7) is 1.40. The molecule has 0 radical (unpaired) electrons. The molecule has 104 valence electrons. The SMILES string of the molecule is CC(=O)O[C@H]1C=C[C@@H](n2nc(I)c3c(N)ncnc32)C1. The minimum atomic E-state index is -0.285. The van der Waals surface area contributed by atoms with Gasteiger partial charge in [0.2, 0.25) is 0 Å². The van der Waals surface area contributed by atoms with Crippen LogP contribution in [-0.4, -0.2) is 31.8 Å². The molecule has 0 aliphatic heterocycles. The Balaban J connectivity index is 1.95. The van der Waals surface area contributed by atoms with Gasteiger partial charge in [-0.25, -0.2) is 14.6 Å². The van der Waals surface area contributed by atoms with E-state index in [1.807, 2.05) is 12.2 Å². The number of halogens is 1. The number of anilines is 1. The Kier molecular flexibility index (Phi) is 3.32. The molecular formula is C12H12IN5O2. The van der Waals surface area contributed by atoms with Crippen LogP contribution in [-0.2, 0) is 9.53 Å². The zero-order valence-corrected chi connectivity index (χ0v) is 12.8. The van der Waals surface area contributed by atoms with Crippen molar-refractivity contribution in [1.82, 2.24) is 19.7 Å². The zero-order chi connectivity index (χ0) is 14.3. The van der Waals surface area contributed by atoms with Gasteiger partial charge in [0.25, 0.3) is 0 Å². The van der Waals surface area contributed by atoms with Gasteiger partial charge in [0.1, 0.15) is 21.9 Å². The van der Waals surface area contributed by atoms with E-state index < -0.39 is 0 Å². The minimum Gasteiger partial charge on any atom is -0.458 e. The molecule has 2 aromatic rings. The summed E-state index contributed by atoms with van der Waals surface area (Å²) in [5.74, 6) is 0.135. The summed E-state index contributed by atoms with van der Waals surface area (Å²) in [7, 11) is 0. The Hall–Kier alpha value is -1.71. The molecule has 2 atom stereocenters. The van der Waals surface area contributed by atoms with Crippen molar-refractivity contribution in [1.29, 1.82) is 0 Å².